The van der Waals surface area contributed by atoms with Crippen molar-refractivity contribution >= 4 is 17.2 Å². The predicted molar refractivity (Wildman–Crippen MR) is 85.7 cm³/mol. The van der Waals surface area contributed by atoms with E-state index in [1.54, 1.807) is 11.3 Å². The Labute approximate surface area is 128 Å². The molecule has 110 valence electrons. The van der Waals surface area contributed by atoms with Crippen molar-refractivity contribution in [2.24, 2.45) is 0 Å². The first-order chi connectivity index (χ1) is 10.2. The Kier molecular flexibility index (Phi) is 4.31. The number of aryl methyl sites for hydroxylation is 1. The summed E-state index contributed by atoms with van der Waals surface area (Å²) in [6.45, 7) is 5.45. The van der Waals surface area contributed by atoms with Gasteiger partial charge in [-0.2, -0.15) is 0 Å². The molecule has 1 N–H and O–H groups in total. The van der Waals surface area contributed by atoms with Crippen LogP contribution in [0, 0.1) is 6.92 Å². The predicted octanol–water partition coefficient (Wildman–Crippen LogP) is 2.55. The summed E-state index contributed by atoms with van der Waals surface area (Å²) in [5.74, 6) is 0.119. The Bertz CT molecular complexity index is 630. The molecule has 0 spiro atoms. The van der Waals surface area contributed by atoms with Crippen LogP contribution in [0.5, 0.6) is 0 Å². The maximum atomic E-state index is 12.6. The Hall–Kier alpha value is -1.72. The monoisotopic (exact) mass is 301 g/mol. The lowest BCUT2D eigenvalue weighted by Gasteiger charge is -2.20. The van der Waals surface area contributed by atoms with E-state index in [0.717, 1.165) is 54.4 Å². The van der Waals surface area contributed by atoms with E-state index in [-0.39, 0.29) is 5.91 Å². The first-order valence-electron chi connectivity index (χ1n) is 7.26. The minimum absolute atomic E-state index is 0.119. The number of rotatable bonds is 2. The molecule has 1 aromatic heterocycles. The zero-order chi connectivity index (χ0) is 14.7. The van der Waals surface area contributed by atoms with E-state index in [0.29, 0.717) is 0 Å². The average molecular weight is 301 g/mol. The number of aromatic nitrogens is 1. The lowest BCUT2D eigenvalue weighted by atomic mass is 10.1. The molecule has 0 atom stereocenters. The van der Waals surface area contributed by atoms with E-state index >= 15 is 0 Å². The highest BCUT2D eigenvalue weighted by atomic mass is 32.1. The van der Waals surface area contributed by atoms with Crippen molar-refractivity contribution in [2.45, 2.75) is 13.3 Å². The second kappa shape index (κ2) is 6.37. The SMILES string of the molecule is Cc1csc(-c2cccc(C(=O)N3CCCNCC3)c2)n1. The van der Waals surface area contributed by atoms with Crippen LogP contribution < -0.4 is 5.32 Å². The summed E-state index contributed by atoms with van der Waals surface area (Å²) in [6, 6.07) is 7.80. The van der Waals surface area contributed by atoms with E-state index in [4.69, 9.17) is 0 Å². The largest absolute Gasteiger partial charge is 0.337 e. The van der Waals surface area contributed by atoms with Crippen LogP contribution in [0.15, 0.2) is 29.6 Å². The minimum atomic E-state index is 0.119. The maximum Gasteiger partial charge on any atom is 0.253 e. The molecule has 0 aliphatic carbocycles. The van der Waals surface area contributed by atoms with E-state index < -0.39 is 0 Å². The van der Waals surface area contributed by atoms with Crippen LogP contribution in [-0.4, -0.2) is 42.0 Å². The first kappa shape index (κ1) is 14.2. The number of hydrogen-bond donors (Lipinski definition) is 1. The van der Waals surface area contributed by atoms with Crippen molar-refractivity contribution in [2.75, 3.05) is 26.2 Å². The fraction of sp³-hybridized carbons (Fsp3) is 0.375. The molecule has 2 aromatic rings. The molecule has 0 bridgehead atoms. The average Bonchev–Trinajstić information content (AvgIpc) is 2.77. The molecular weight excluding hydrogens is 282 g/mol. The summed E-state index contributed by atoms with van der Waals surface area (Å²) < 4.78 is 0. The van der Waals surface area contributed by atoms with Crippen molar-refractivity contribution in [3.63, 3.8) is 0 Å². The lowest BCUT2D eigenvalue weighted by Crippen LogP contribution is -2.34. The molecule has 1 saturated heterocycles. The second-order valence-electron chi connectivity index (χ2n) is 5.27. The molecule has 0 unspecified atom stereocenters. The van der Waals surface area contributed by atoms with Crippen LogP contribution in [0.4, 0.5) is 0 Å². The molecule has 2 heterocycles. The van der Waals surface area contributed by atoms with Crippen molar-refractivity contribution in [1.29, 1.82) is 0 Å². The molecule has 3 rings (SSSR count). The number of nitrogens with one attached hydrogen (secondary N) is 1. The Morgan fingerprint density at radius 3 is 3.05 bits per heavy atom. The zero-order valence-electron chi connectivity index (χ0n) is 12.1. The van der Waals surface area contributed by atoms with Gasteiger partial charge in [-0.25, -0.2) is 4.98 Å². The fourth-order valence-corrected chi connectivity index (χ4v) is 3.30. The Balaban J connectivity index is 1.83. The third-order valence-corrected chi connectivity index (χ3v) is 4.61. The smallest absolute Gasteiger partial charge is 0.253 e. The highest BCUT2D eigenvalue weighted by molar-refractivity contribution is 7.13. The van der Waals surface area contributed by atoms with Gasteiger partial charge in [0, 0.05) is 41.8 Å². The number of carbonyl (C=O) groups is 1. The first-order valence-corrected chi connectivity index (χ1v) is 8.14. The van der Waals surface area contributed by atoms with Crippen molar-refractivity contribution in [3.05, 3.63) is 40.9 Å². The van der Waals surface area contributed by atoms with Gasteiger partial charge >= 0.3 is 0 Å². The summed E-state index contributed by atoms with van der Waals surface area (Å²) in [5.41, 5.74) is 2.79. The quantitative estimate of drug-likeness (QED) is 0.927. The summed E-state index contributed by atoms with van der Waals surface area (Å²) in [6.07, 6.45) is 1.01. The van der Waals surface area contributed by atoms with Crippen LogP contribution in [0.3, 0.4) is 0 Å². The third-order valence-electron chi connectivity index (χ3n) is 3.60. The molecule has 21 heavy (non-hydrogen) atoms. The molecule has 4 nitrogen and oxygen atoms in total. The lowest BCUT2D eigenvalue weighted by molar-refractivity contribution is 0.0766. The standard InChI is InChI=1S/C16H19N3OS/c1-12-11-21-15(18-12)13-4-2-5-14(10-13)16(20)19-8-3-6-17-7-9-19/h2,4-5,10-11,17H,3,6-9H2,1H3. The van der Waals surface area contributed by atoms with E-state index in [1.165, 1.54) is 0 Å². The molecule has 1 aliphatic heterocycles. The van der Waals surface area contributed by atoms with Gasteiger partial charge < -0.3 is 10.2 Å². The highest BCUT2D eigenvalue weighted by Crippen LogP contribution is 2.24. The number of amides is 1. The van der Waals surface area contributed by atoms with Crippen LogP contribution >= 0.6 is 11.3 Å². The zero-order valence-corrected chi connectivity index (χ0v) is 12.9. The normalized spacial score (nSPS) is 15.8. The maximum absolute atomic E-state index is 12.6. The number of carbonyl (C=O) groups excluding carboxylic acids is 1. The van der Waals surface area contributed by atoms with E-state index in [1.807, 2.05) is 41.5 Å². The number of nitrogens with zero attached hydrogens (tertiary/aromatic N) is 2. The van der Waals surface area contributed by atoms with Gasteiger partial charge in [-0.15, -0.1) is 11.3 Å². The van der Waals surface area contributed by atoms with Gasteiger partial charge in [0.2, 0.25) is 0 Å². The summed E-state index contributed by atoms with van der Waals surface area (Å²) in [5, 5.41) is 6.33. The number of thiazole rings is 1. The Morgan fingerprint density at radius 1 is 1.33 bits per heavy atom. The molecular formula is C16H19N3OS. The second-order valence-corrected chi connectivity index (χ2v) is 6.13. The van der Waals surface area contributed by atoms with Gasteiger partial charge in [0.1, 0.15) is 5.01 Å². The van der Waals surface area contributed by atoms with Gasteiger partial charge in [0.15, 0.2) is 0 Å². The summed E-state index contributed by atoms with van der Waals surface area (Å²) in [7, 11) is 0. The van der Waals surface area contributed by atoms with Crippen LogP contribution in [0.1, 0.15) is 22.5 Å². The van der Waals surface area contributed by atoms with Crippen molar-refractivity contribution in [1.82, 2.24) is 15.2 Å². The minimum Gasteiger partial charge on any atom is -0.337 e. The molecule has 1 aromatic carbocycles. The van der Waals surface area contributed by atoms with Gasteiger partial charge in [-0.3, -0.25) is 4.79 Å². The topological polar surface area (TPSA) is 45.2 Å². The molecule has 0 saturated carbocycles. The molecule has 5 heteroatoms. The molecule has 1 fully saturated rings. The number of benzene rings is 1. The van der Waals surface area contributed by atoms with E-state index in [2.05, 4.69) is 10.3 Å². The van der Waals surface area contributed by atoms with Gasteiger partial charge in [-0.1, -0.05) is 12.1 Å². The molecule has 0 radical (unpaired) electrons. The van der Waals surface area contributed by atoms with Gasteiger partial charge in [0.25, 0.3) is 5.91 Å². The summed E-state index contributed by atoms with van der Waals surface area (Å²) in [4.78, 5) is 19.1. The number of hydrogen-bond acceptors (Lipinski definition) is 4. The van der Waals surface area contributed by atoms with Crippen molar-refractivity contribution < 1.29 is 4.79 Å². The van der Waals surface area contributed by atoms with Crippen LogP contribution in [0.25, 0.3) is 10.6 Å². The molecule has 1 amide bonds. The van der Waals surface area contributed by atoms with Crippen LogP contribution in [0.2, 0.25) is 0 Å². The Morgan fingerprint density at radius 2 is 2.24 bits per heavy atom. The highest BCUT2D eigenvalue weighted by Gasteiger charge is 2.17. The van der Waals surface area contributed by atoms with Gasteiger partial charge in [-0.05, 0) is 32.0 Å². The fourth-order valence-electron chi connectivity index (χ4n) is 2.50. The third kappa shape index (κ3) is 3.31. The van der Waals surface area contributed by atoms with Crippen molar-refractivity contribution in [3.8, 4) is 10.6 Å². The van der Waals surface area contributed by atoms with E-state index in [9.17, 15) is 4.79 Å². The summed E-state index contributed by atoms with van der Waals surface area (Å²) >= 11 is 1.62. The van der Waals surface area contributed by atoms with Crippen LogP contribution in [-0.2, 0) is 0 Å². The van der Waals surface area contributed by atoms with Gasteiger partial charge in [0.05, 0.1) is 0 Å². The molecule has 1 aliphatic rings.